The smallest absolute Gasteiger partial charge is 0.304 e. The third-order valence-corrected chi connectivity index (χ3v) is 3.30. The lowest BCUT2D eigenvalue weighted by Crippen LogP contribution is -2.32. The topological polar surface area (TPSA) is 58.4 Å². The van der Waals surface area contributed by atoms with E-state index in [9.17, 15) is 14.5 Å². The molecule has 0 aromatic heterocycles. The number of hydrogen-bond acceptors (Lipinski definition) is 4. The molecule has 1 unspecified atom stereocenters. The second-order valence-electron chi connectivity index (χ2n) is 4.60. The van der Waals surface area contributed by atoms with Gasteiger partial charge < -0.3 is 5.32 Å². The van der Waals surface area contributed by atoms with Crippen molar-refractivity contribution >= 4 is 5.69 Å². The predicted octanol–water partition coefficient (Wildman–Crippen LogP) is 1.53. The minimum atomic E-state index is -0.768. The molecular weight excluding hydrogens is 237 g/mol. The third-order valence-electron chi connectivity index (χ3n) is 3.30. The summed E-state index contributed by atoms with van der Waals surface area (Å²) in [6.07, 6.45) is 1.08. The van der Waals surface area contributed by atoms with E-state index in [1.165, 1.54) is 12.1 Å². The van der Waals surface area contributed by atoms with Crippen LogP contribution >= 0.6 is 0 Å². The van der Waals surface area contributed by atoms with E-state index in [2.05, 4.69) is 10.2 Å². The molecule has 0 radical (unpaired) electrons. The Bertz CT molecular complexity index is 447. The number of likely N-dealkylation sites (N-methyl/N-ethyl adjacent to an activating group) is 1. The molecule has 6 heteroatoms. The highest BCUT2D eigenvalue weighted by molar-refractivity contribution is 5.34. The van der Waals surface area contributed by atoms with E-state index in [4.69, 9.17) is 0 Å². The second kappa shape index (κ2) is 5.41. The number of benzene rings is 1. The standard InChI is InChI=1S/C12H16FN3O2/c1-15(10-4-5-14-7-10)8-9-2-3-12(16(17)18)11(13)6-9/h2-3,6,10,14H,4-5,7-8H2,1H3. The Labute approximate surface area is 105 Å². The molecule has 1 aliphatic rings. The quantitative estimate of drug-likeness (QED) is 0.653. The first kappa shape index (κ1) is 12.9. The average molecular weight is 253 g/mol. The maximum atomic E-state index is 13.5. The molecule has 0 aliphatic carbocycles. The summed E-state index contributed by atoms with van der Waals surface area (Å²) < 4.78 is 13.5. The summed E-state index contributed by atoms with van der Waals surface area (Å²) in [6, 6.07) is 4.53. The van der Waals surface area contributed by atoms with Crippen LogP contribution in [0, 0.1) is 15.9 Å². The van der Waals surface area contributed by atoms with Crippen molar-refractivity contribution in [2.45, 2.75) is 19.0 Å². The van der Waals surface area contributed by atoms with Crippen LogP contribution in [0.1, 0.15) is 12.0 Å². The molecule has 0 spiro atoms. The Morgan fingerprint density at radius 1 is 1.61 bits per heavy atom. The number of nitro benzene ring substituents is 1. The van der Waals surface area contributed by atoms with E-state index in [-0.39, 0.29) is 0 Å². The molecule has 1 heterocycles. The van der Waals surface area contributed by atoms with Crippen molar-refractivity contribution in [1.29, 1.82) is 0 Å². The number of rotatable bonds is 4. The molecule has 1 N–H and O–H groups in total. The van der Waals surface area contributed by atoms with E-state index < -0.39 is 16.4 Å². The van der Waals surface area contributed by atoms with Gasteiger partial charge in [0.15, 0.2) is 0 Å². The number of nitrogens with zero attached hydrogens (tertiary/aromatic N) is 2. The van der Waals surface area contributed by atoms with Crippen LogP contribution in [0.25, 0.3) is 0 Å². The Morgan fingerprint density at radius 3 is 2.94 bits per heavy atom. The molecule has 1 fully saturated rings. The van der Waals surface area contributed by atoms with Gasteiger partial charge in [0.1, 0.15) is 0 Å². The largest absolute Gasteiger partial charge is 0.315 e. The van der Waals surface area contributed by atoms with E-state index in [0.29, 0.717) is 12.6 Å². The average Bonchev–Trinajstić information content (AvgIpc) is 2.81. The number of halogens is 1. The second-order valence-corrected chi connectivity index (χ2v) is 4.60. The van der Waals surface area contributed by atoms with Gasteiger partial charge in [-0.25, -0.2) is 0 Å². The van der Waals surface area contributed by atoms with Gasteiger partial charge in [-0.1, -0.05) is 6.07 Å². The molecule has 2 rings (SSSR count). The summed E-state index contributed by atoms with van der Waals surface area (Å²) in [5.41, 5.74) is 0.288. The zero-order valence-electron chi connectivity index (χ0n) is 10.2. The highest BCUT2D eigenvalue weighted by Crippen LogP contribution is 2.19. The van der Waals surface area contributed by atoms with Crippen molar-refractivity contribution in [3.05, 3.63) is 39.7 Å². The lowest BCUT2D eigenvalue weighted by molar-refractivity contribution is -0.387. The highest BCUT2D eigenvalue weighted by atomic mass is 19.1. The van der Waals surface area contributed by atoms with Crippen molar-refractivity contribution < 1.29 is 9.31 Å². The SMILES string of the molecule is CN(Cc1ccc([N+](=O)[O-])c(F)c1)C1CCNC1. The Balaban J connectivity index is 2.05. The molecule has 0 bridgehead atoms. The summed E-state index contributed by atoms with van der Waals surface area (Å²) in [4.78, 5) is 11.9. The normalized spacial score (nSPS) is 19.4. The fourth-order valence-electron chi connectivity index (χ4n) is 2.23. The van der Waals surface area contributed by atoms with Gasteiger partial charge in [-0.05, 0) is 31.6 Å². The van der Waals surface area contributed by atoms with Crippen molar-refractivity contribution in [3.63, 3.8) is 0 Å². The molecule has 1 saturated heterocycles. The lowest BCUT2D eigenvalue weighted by atomic mass is 10.1. The highest BCUT2D eigenvalue weighted by Gasteiger charge is 2.20. The molecule has 18 heavy (non-hydrogen) atoms. The molecule has 1 atom stereocenters. The van der Waals surface area contributed by atoms with Gasteiger partial charge in [-0.3, -0.25) is 15.0 Å². The summed E-state index contributed by atoms with van der Waals surface area (Å²) in [6.45, 7) is 2.54. The third kappa shape index (κ3) is 2.83. The van der Waals surface area contributed by atoms with Crippen molar-refractivity contribution in [2.24, 2.45) is 0 Å². The maximum absolute atomic E-state index is 13.5. The first-order valence-corrected chi connectivity index (χ1v) is 5.91. The van der Waals surface area contributed by atoms with Gasteiger partial charge in [-0.2, -0.15) is 4.39 Å². The molecule has 1 aromatic carbocycles. The summed E-state index contributed by atoms with van der Waals surface area (Å²) in [7, 11) is 1.98. The van der Waals surface area contributed by atoms with E-state index in [1.54, 1.807) is 6.07 Å². The van der Waals surface area contributed by atoms with Crippen LogP contribution in [0.15, 0.2) is 18.2 Å². The molecule has 0 saturated carbocycles. The van der Waals surface area contributed by atoms with Gasteiger partial charge in [-0.15, -0.1) is 0 Å². The first-order chi connectivity index (χ1) is 8.58. The number of nitrogens with one attached hydrogen (secondary N) is 1. The van der Waals surface area contributed by atoms with E-state index in [1.807, 2.05) is 7.05 Å². The maximum Gasteiger partial charge on any atom is 0.304 e. The zero-order valence-corrected chi connectivity index (χ0v) is 10.2. The Kier molecular flexibility index (Phi) is 3.88. The minimum Gasteiger partial charge on any atom is -0.315 e. The van der Waals surface area contributed by atoms with Crippen LogP contribution in [0.3, 0.4) is 0 Å². The van der Waals surface area contributed by atoms with Crippen molar-refractivity contribution in [1.82, 2.24) is 10.2 Å². The van der Waals surface area contributed by atoms with Crippen LogP contribution in [-0.4, -0.2) is 36.0 Å². The Morgan fingerprint density at radius 2 is 2.39 bits per heavy atom. The van der Waals surface area contributed by atoms with E-state index in [0.717, 1.165) is 25.1 Å². The summed E-state index contributed by atoms with van der Waals surface area (Å²) in [5, 5.41) is 13.8. The summed E-state index contributed by atoms with van der Waals surface area (Å²) >= 11 is 0. The first-order valence-electron chi connectivity index (χ1n) is 5.91. The van der Waals surface area contributed by atoms with Crippen molar-refractivity contribution in [3.8, 4) is 0 Å². The Hall–Kier alpha value is -1.53. The zero-order chi connectivity index (χ0) is 13.1. The van der Waals surface area contributed by atoms with Crippen LogP contribution in [0.4, 0.5) is 10.1 Å². The lowest BCUT2D eigenvalue weighted by Gasteiger charge is -2.23. The number of nitro groups is 1. The van der Waals surface area contributed by atoms with Gasteiger partial charge in [0.2, 0.25) is 5.82 Å². The summed E-state index contributed by atoms with van der Waals surface area (Å²) in [5.74, 6) is -0.768. The molecule has 98 valence electrons. The molecular formula is C12H16FN3O2. The van der Waals surface area contributed by atoms with Gasteiger partial charge in [0.05, 0.1) is 4.92 Å². The molecule has 0 amide bonds. The fourth-order valence-corrected chi connectivity index (χ4v) is 2.23. The van der Waals surface area contributed by atoms with E-state index >= 15 is 0 Å². The van der Waals surface area contributed by atoms with Gasteiger partial charge in [0, 0.05) is 25.2 Å². The molecule has 1 aromatic rings. The van der Waals surface area contributed by atoms with Crippen LogP contribution in [0.5, 0.6) is 0 Å². The molecule has 1 aliphatic heterocycles. The minimum absolute atomic E-state index is 0.447. The number of hydrogen-bond donors (Lipinski definition) is 1. The molecule has 5 nitrogen and oxygen atoms in total. The van der Waals surface area contributed by atoms with Crippen LogP contribution in [0.2, 0.25) is 0 Å². The monoisotopic (exact) mass is 253 g/mol. The fraction of sp³-hybridized carbons (Fsp3) is 0.500. The van der Waals surface area contributed by atoms with Crippen LogP contribution in [-0.2, 0) is 6.54 Å². The van der Waals surface area contributed by atoms with Gasteiger partial charge in [0.25, 0.3) is 0 Å². The predicted molar refractivity (Wildman–Crippen MR) is 65.8 cm³/mol. The van der Waals surface area contributed by atoms with Gasteiger partial charge >= 0.3 is 5.69 Å². The van der Waals surface area contributed by atoms with Crippen LogP contribution < -0.4 is 5.32 Å². The van der Waals surface area contributed by atoms with Crippen molar-refractivity contribution in [2.75, 3.05) is 20.1 Å².